The van der Waals surface area contributed by atoms with Gasteiger partial charge in [-0.15, -0.1) is 12.4 Å². The molecule has 0 spiro atoms. The van der Waals surface area contributed by atoms with Gasteiger partial charge in [-0.25, -0.2) is 0 Å². The van der Waals surface area contributed by atoms with Crippen molar-refractivity contribution in [2.24, 2.45) is 11.8 Å². The fraction of sp³-hybridized carbons (Fsp3) is 0.500. The number of halogens is 2. The lowest BCUT2D eigenvalue weighted by molar-refractivity contribution is -0.117. The number of amides is 1. The van der Waals surface area contributed by atoms with Gasteiger partial charge in [0, 0.05) is 23.8 Å². The highest BCUT2D eigenvalue weighted by molar-refractivity contribution is 6.30. The van der Waals surface area contributed by atoms with Gasteiger partial charge >= 0.3 is 0 Å². The van der Waals surface area contributed by atoms with E-state index in [-0.39, 0.29) is 18.3 Å². The molecule has 2 atom stereocenters. The number of fused-ring (bicyclic) bond motifs is 1. The van der Waals surface area contributed by atoms with E-state index in [1.54, 1.807) is 12.1 Å². The van der Waals surface area contributed by atoms with Crippen LogP contribution in [0.5, 0.6) is 0 Å². The summed E-state index contributed by atoms with van der Waals surface area (Å²) >= 11 is 5.89. The van der Waals surface area contributed by atoms with Gasteiger partial charge in [-0.05, 0) is 43.1 Å². The number of benzene rings is 1. The molecule has 2 N–H and O–H groups in total. The van der Waals surface area contributed by atoms with Crippen LogP contribution >= 0.6 is 24.0 Å². The van der Waals surface area contributed by atoms with Crippen LogP contribution in [0.3, 0.4) is 0 Å². The molecule has 2 aliphatic heterocycles. The molecule has 6 heteroatoms. The summed E-state index contributed by atoms with van der Waals surface area (Å²) in [6.07, 6.45) is 0. The number of nitrogens with zero attached hydrogens (tertiary/aromatic N) is 1. The van der Waals surface area contributed by atoms with Crippen LogP contribution in [-0.2, 0) is 4.79 Å². The Hall–Kier alpha value is -0.810. The van der Waals surface area contributed by atoms with Crippen molar-refractivity contribution in [2.75, 3.05) is 38.0 Å². The van der Waals surface area contributed by atoms with Gasteiger partial charge < -0.3 is 10.6 Å². The van der Waals surface area contributed by atoms with E-state index >= 15 is 0 Å². The number of nitrogens with one attached hydrogen (secondary N) is 2. The van der Waals surface area contributed by atoms with Crippen LogP contribution in [0.2, 0.25) is 5.02 Å². The molecule has 3 rings (SSSR count). The molecular weight excluding hydrogens is 297 g/mol. The maximum Gasteiger partial charge on any atom is 0.238 e. The van der Waals surface area contributed by atoms with Gasteiger partial charge in [0.25, 0.3) is 0 Å². The lowest BCUT2D eigenvalue weighted by atomic mass is 10.0. The second-order valence-corrected chi connectivity index (χ2v) is 5.87. The summed E-state index contributed by atoms with van der Waals surface area (Å²) in [4.78, 5) is 14.2. The van der Waals surface area contributed by atoms with Gasteiger partial charge in [0.05, 0.1) is 6.54 Å². The van der Waals surface area contributed by atoms with Gasteiger partial charge in [-0.2, -0.15) is 0 Å². The molecule has 1 aromatic rings. The second-order valence-electron chi connectivity index (χ2n) is 5.43. The van der Waals surface area contributed by atoms with Gasteiger partial charge in [0.15, 0.2) is 0 Å². The highest BCUT2D eigenvalue weighted by atomic mass is 35.5. The number of hydrogen-bond donors (Lipinski definition) is 2. The summed E-state index contributed by atoms with van der Waals surface area (Å²) in [5, 5.41) is 6.94. The molecular formula is C14H19Cl2N3O. The highest BCUT2D eigenvalue weighted by Crippen LogP contribution is 2.25. The maximum absolute atomic E-state index is 12.0. The number of hydrogen-bond acceptors (Lipinski definition) is 3. The highest BCUT2D eigenvalue weighted by Gasteiger charge is 2.36. The first-order chi connectivity index (χ1) is 9.20. The van der Waals surface area contributed by atoms with Crippen molar-refractivity contribution in [3.63, 3.8) is 0 Å². The van der Waals surface area contributed by atoms with Crippen molar-refractivity contribution in [1.82, 2.24) is 10.2 Å². The normalized spacial score (nSPS) is 25.1. The Kier molecular flexibility index (Phi) is 5.27. The minimum atomic E-state index is 0. The van der Waals surface area contributed by atoms with E-state index in [9.17, 15) is 4.79 Å². The van der Waals surface area contributed by atoms with Gasteiger partial charge in [0.2, 0.25) is 5.91 Å². The fourth-order valence-electron chi connectivity index (χ4n) is 3.05. The molecule has 0 radical (unpaired) electrons. The zero-order valence-electron chi connectivity index (χ0n) is 11.1. The SMILES string of the molecule is Cl.O=C(CN1C[C@H]2CNC[C@H]2C1)Nc1cccc(Cl)c1. The van der Waals surface area contributed by atoms with Crippen LogP contribution in [0, 0.1) is 11.8 Å². The van der Waals surface area contributed by atoms with E-state index in [0.29, 0.717) is 11.6 Å². The first-order valence-electron chi connectivity index (χ1n) is 6.69. The number of likely N-dealkylation sites (tertiary alicyclic amines) is 1. The first-order valence-corrected chi connectivity index (χ1v) is 7.07. The number of anilines is 1. The predicted octanol–water partition coefficient (Wildman–Crippen LogP) is 1.85. The lowest BCUT2D eigenvalue weighted by Gasteiger charge is -2.16. The Morgan fingerprint density at radius 3 is 2.70 bits per heavy atom. The molecule has 0 aliphatic carbocycles. The van der Waals surface area contributed by atoms with Gasteiger partial charge in [-0.1, -0.05) is 17.7 Å². The van der Waals surface area contributed by atoms with Crippen molar-refractivity contribution in [3.8, 4) is 0 Å². The Labute approximate surface area is 130 Å². The van der Waals surface area contributed by atoms with Crippen LogP contribution in [0.1, 0.15) is 0 Å². The number of carbonyl (C=O) groups is 1. The topological polar surface area (TPSA) is 44.4 Å². The molecule has 0 aromatic heterocycles. The summed E-state index contributed by atoms with van der Waals surface area (Å²) in [5.41, 5.74) is 0.763. The van der Waals surface area contributed by atoms with Gasteiger partial charge in [-0.3, -0.25) is 9.69 Å². The average molecular weight is 316 g/mol. The smallest absolute Gasteiger partial charge is 0.238 e. The van der Waals surface area contributed by atoms with Crippen molar-refractivity contribution in [1.29, 1.82) is 0 Å². The van der Waals surface area contributed by atoms with Crippen molar-refractivity contribution < 1.29 is 4.79 Å². The van der Waals surface area contributed by atoms with E-state index in [0.717, 1.165) is 43.7 Å². The first kappa shape index (κ1) is 15.6. The Balaban J connectivity index is 0.00000147. The zero-order valence-corrected chi connectivity index (χ0v) is 12.7. The summed E-state index contributed by atoms with van der Waals surface area (Å²) in [5.74, 6) is 1.48. The molecule has 20 heavy (non-hydrogen) atoms. The maximum atomic E-state index is 12.0. The van der Waals surface area contributed by atoms with E-state index in [1.165, 1.54) is 0 Å². The molecule has 0 unspecified atom stereocenters. The van der Waals surface area contributed by atoms with Crippen LogP contribution in [0.25, 0.3) is 0 Å². The average Bonchev–Trinajstić information content (AvgIpc) is 2.89. The second kappa shape index (κ2) is 6.76. The molecule has 0 saturated carbocycles. The van der Waals surface area contributed by atoms with E-state index < -0.39 is 0 Å². The molecule has 2 fully saturated rings. The van der Waals surface area contributed by atoms with Crippen LogP contribution in [0.15, 0.2) is 24.3 Å². The third-order valence-electron chi connectivity index (χ3n) is 3.94. The minimum absolute atomic E-state index is 0. The summed E-state index contributed by atoms with van der Waals surface area (Å²) in [6.45, 7) is 4.72. The van der Waals surface area contributed by atoms with E-state index in [2.05, 4.69) is 15.5 Å². The number of rotatable bonds is 3. The molecule has 0 bridgehead atoms. The monoisotopic (exact) mass is 315 g/mol. The molecule has 1 aromatic carbocycles. The Bertz CT molecular complexity index is 471. The van der Waals surface area contributed by atoms with E-state index in [1.807, 2.05) is 12.1 Å². The largest absolute Gasteiger partial charge is 0.325 e. The third-order valence-corrected chi connectivity index (χ3v) is 4.18. The van der Waals surface area contributed by atoms with Crippen LogP contribution in [0.4, 0.5) is 5.69 Å². The number of carbonyl (C=O) groups excluding carboxylic acids is 1. The fourth-order valence-corrected chi connectivity index (χ4v) is 3.24. The summed E-state index contributed by atoms with van der Waals surface area (Å²) in [7, 11) is 0. The van der Waals surface area contributed by atoms with E-state index in [4.69, 9.17) is 11.6 Å². The van der Waals surface area contributed by atoms with Gasteiger partial charge in [0.1, 0.15) is 0 Å². The molecule has 110 valence electrons. The molecule has 4 nitrogen and oxygen atoms in total. The Morgan fingerprint density at radius 1 is 1.35 bits per heavy atom. The van der Waals surface area contributed by atoms with Crippen molar-refractivity contribution in [2.45, 2.75) is 0 Å². The summed E-state index contributed by atoms with van der Waals surface area (Å²) < 4.78 is 0. The van der Waals surface area contributed by atoms with Crippen LogP contribution < -0.4 is 10.6 Å². The Morgan fingerprint density at radius 2 is 2.05 bits per heavy atom. The predicted molar refractivity (Wildman–Crippen MR) is 83.6 cm³/mol. The minimum Gasteiger partial charge on any atom is -0.325 e. The van der Waals surface area contributed by atoms with Crippen molar-refractivity contribution >= 4 is 35.6 Å². The molecule has 1 amide bonds. The lowest BCUT2D eigenvalue weighted by Crippen LogP contribution is -2.33. The van der Waals surface area contributed by atoms with Crippen LogP contribution in [-0.4, -0.2) is 43.5 Å². The molecule has 2 aliphatic rings. The quantitative estimate of drug-likeness (QED) is 0.894. The zero-order chi connectivity index (χ0) is 13.2. The third kappa shape index (κ3) is 3.64. The standard InChI is InChI=1S/C14H18ClN3O.ClH/c15-12-2-1-3-13(4-12)17-14(19)9-18-7-10-5-16-6-11(10)8-18;/h1-4,10-11,16H,5-9H2,(H,17,19);1H/t10-,11+;. The molecule has 2 saturated heterocycles. The summed E-state index contributed by atoms with van der Waals surface area (Å²) in [6, 6.07) is 7.25. The van der Waals surface area contributed by atoms with Crippen molar-refractivity contribution in [3.05, 3.63) is 29.3 Å². The molecule has 2 heterocycles.